The number of benzene rings is 1. The predicted octanol–water partition coefficient (Wildman–Crippen LogP) is 5.97. The van der Waals surface area contributed by atoms with Gasteiger partial charge < -0.3 is 14.8 Å². The summed E-state index contributed by atoms with van der Waals surface area (Å²) < 4.78 is 10.9. The molecule has 1 aromatic carbocycles. The highest BCUT2D eigenvalue weighted by Crippen LogP contribution is 2.40. The minimum absolute atomic E-state index is 0.106. The first-order valence-electron chi connectivity index (χ1n) is 11.3. The molecule has 0 bridgehead atoms. The van der Waals surface area contributed by atoms with Gasteiger partial charge in [0.05, 0.1) is 12.2 Å². The predicted molar refractivity (Wildman–Crippen MR) is 125 cm³/mol. The molecule has 3 rings (SSSR count). The summed E-state index contributed by atoms with van der Waals surface area (Å²) in [5.74, 6) is 1.11. The van der Waals surface area contributed by atoms with E-state index in [-0.39, 0.29) is 18.5 Å². The Bertz CT molecular complexity index is 903. The van der Waals surface area contributed by atoms with E-state index in [1.807, 2.05) is 12.1 Å². The Morgan fingerprint density at radius 3 is 2.65 bits per heavy atom. The maximum atomic E-state index is 12.6. The summed E-state index contributed by atoms with van der Waals surface area (Å²) in [6, 6.07) is 7.93. The molecule has 1 N–H and O–H groups in total. The van der Waals surface area contributed by atoms with E-state index in [9.17, 15) is 9.59 Å². The van der Waals surface area contributed by atoms with E-state index in [1.165, 1.54) is 21.8 Å². The number of ether oxygens (including phenoxy) is 2. The van der Waals surface area contributed by atoms with Crippen molar-refractivity contribution in [1.82, 2.24) is 0 Å². The molecule has 1 aliphatic rings. The Labute approximate surface area is 189 Å². The van der Waals surface area contributed by atoms with Crippen LogP contribution in [-0.2, 0) is 22.4 Å². The second-order valence-electron chi connectivity index (χ2n) is 8.37. The van der Waals surface area contributed by atoms with Crippen LogP contribution in [-0.4, -0.2) is 25.1 Å². The van der Waals surface area contributed by atoms with Crippen molar-refractivity contribution in [3.63, 3.8) is 0 Å². The molecule has 1 aliphatic carbocycles. The first kappa shape index (κ1) is 23.3. The summed E-state index contributed by atoms with van der Waals surface area (Å²) in [5.41, 5.74) is 2.84. The maximum absolute atomic E-state index is 12.6. The first-order valence-corrected chi connectivity index (χ1v) is 12.1. The van der Waals surface area contributed by atoms with Gasteiger partial charge in [-0.2, -0.15) is 0 Å². The molecule has 6 heteroatoms. The highest BCUT2D eigenvalue weighted by Gasteiger charge is 2.29. The number of rotatable bonds is 9. The molecule has 0 spiro atoms. The SMILES string of the molecule is CCC[C@H](C)c1ccc(OCC(=O)Nc2sc3c(c2C(=O)OCC)CC[C@@H](C)C3)cc1. The minimum atomic E-state index is -0.359. The zero-order chi connectivity index (χ0) is 22.4. The number of hydrogen-bond donors (Lipinski definition) is 1. The number of esters is 1. The van der Waals surface area contributed by atoms with Crippen molar-refractivity contribution in [1.29, 1.82) is 0 Å². The van der Waals surface area contributed by atoms with Crippen LogP contribution in [0, 0.1) is 5.92 Å². The van der Waals surface area contributed by atoms with Gasteiger partial charge in [-0.25, -0.2) is 4.79 Å². The summed E-state index contributed by atoms with van der Waals surface area (Å²) in [4.78, 5) is 26.3. The lowest BCUT2D eigenvalue weighted by Gasteiger charge is -2.18. The highest BCUT2D eigenvalue weighted by atomic mass is 32.1. The fourth-order valence-corrected chi connectivity index (χ4v) is 5.48. The molecule has 168 valence electrons. The summed E-state index contributed by atoms with van der Waals surface area (Å²) in [6.45, 7) is 8.61. The van der Waals surface area contributed by atoms with E-state index in [2.05, 4.69) is 38.2 Å². The Balaban J connectivity index is 1.65. The Hall–Kier alpha value is -2.34. The van der Waals surface area contributed by atoms with Gasteiger partial charge >= 0.3 is 5.97 Å². The van der Waals surface area contributed by atoms with Crippen molar-refractivity contribution in [3.8, 4) is 5.75 Å². The average molecular weight is 444 g/mol. The number of anilines is 1. The van der Waals surface area contributed by atoms with Crippen LogP contribution < -0.4 is 10.1 Å². The van der Waals surface area contributed by atoms with E-state index < -0.39 is 0 Å². The van der Waals surface area contributed by atoms with E-state index >= 15 is 0 Å². The molecule has 2 atom stereocenters. The Kier molecular flexibility index (Phi) is 8.13. The average Bonchev–Trinajstić information content (AvgIpc) is 3.09. The van der Waals surface area contributed by atoms with E-state index in [0.29, 0.717) is 34.8 Å². The molecule has 1 heterocycles. The van der Waals surface area contributed by atoms with Crippen LogP contribution in [0.2, 0.25) is 0 Å². The Morgan fingerprint density at radius 1 is 1.23 bits per heavy atom. The van der Waals surface area contributed by atoms with E-state index in [0.717, 1.165) is 37.7 Å². The summed E-state index contributed by atoms with van der Waals surface area (Å²) >= 11 is 1.49. The summed E-state index contributed by atoms with van der Waals surface area (Å²) in [6.07, 6.45) is 5.12. The normalized spacial score (nSPS) is 16.3. The molecule has 5 nitrogen and oxygen atoms in total. The highest BCUT2D eigenvalue weighted by molar-refractivity contribution is 7.17. The first-order chi connectivity index (χ1) is 14.9. The standard InChI is InChI=1S/C25H33NO4S/c1-5-7-17(4)18-9-11-19(12-10-18)30-15-22(27)26-24-23(25(28)29-6-2)20-13-8-16(3)14-21(20)31-24/h9-12,16-17H,5-8,13-15H2,1-4H3,(H,26,27)/t16-,17+/m1/s1. The second kappa shape index (κ2) is 10.8. The molecular weight excluding hydrogens is 410 g/mol. The lowest BCUT2D eigenvalue weighted by Crippen LogP contribution is -2.21. The smallest absolute Gasteiger partial charge is 0.341 e. The number of carbonyl (C=O) groups excluding carboxylic acids is 2. The van der Waals surface area contributed by atoms with E-state index in [1.54, 1.807) is 6.92 Å². The number of fused-ring (bicyclic) bond motifs is 1. The molecule has 0 saturated heterocycles. The van der Waals surface area contributed by atoms with Crippen molar-refractivity contribution < 1.29 is 19.1 Å². The Morgan fingerprint density at radius 2 is 1.97 bits per heavy atom. The lowest BCUT2D eigenvalue weighted by atomic mass is 9.88. The third-order valence-electron chi connectivity index (χ3n) is 5.78. The van der Waals surface area contributed by atoms with Crippen LogP contribution in [0.3, 0.4) is 0 Å². The van der Waals surface area contributed by atoms with Crippen molar-refractivity contribution in [2.45, 2.75) is 65.7 Å². The third-order valence-corrected chi connectivity index (χ3v) is 6.95. The molecule has 0 radical (unpaired) electrons. The van der Waals surface area contributed by atoms with Crippen molar-refractivity contribution in [3.05, 3.63) is 45.8 Å². The van der Waals surface area contributed by atoms with Gasteiger partial charge in [0.2, 0.25) is 0 Å². The topological polar surface area (TPSA) is 64.6 Å². The van der Waals surface area contributed by atoms with Gasteiger partial charge in [-0.3, -0.25) is 4.79 Å². The van der Waals surface area contributed by atoms with Crippen molar-refractivity contribution >= 4 is 28.2 Å². The van der Waals surface area contributed by atoms with Crippen LogP contribution >= 0.6 is 11.3 Å². The van der Waals surface area contributed by atoms with Crippen LogP contribution in [0.5, 0.6) is 5.75 Å². The monoisotopic (exact) mass is 443 g/mol. The van der Waals surface area contributed by atoms with Gasteiger partial charge in [-0.05, 0) is 67.7 Å². The van der Waals surface area contributed by atoms with Crippen molar-refractivity contribution in [2.24, 2.45) is 5.92 Å². The number of amides is 1. The van der Waals surface area contributed by atoms with Crippen LogP contribution in [0.4, 0.5) is 5.00 Å². The number of hydrogen-bond acceptors (Lipinski definition) is 5. The third kappa shape index (κ3) is 5.88. The van der Waals surface area contributed by atoms with Gasteiger partial charge in [-0.1, -0.05) is 39.3 Å². The van der Waals surface area contributed by atoms with Crippen LogP contribution in [0.1, 0.15) is 79.2 Å². The summed E-state index contributed by atoms with van der Waals surface area (Å²) in [5, 5.41) is 3.47. The fraction of sp³-hybridized carbons (Fsp3) is 0.520. The second-order valence-corrected chi connectivity index (χ2v) is 9.48. The molecule has 0 unspecified atom stereocenters. The molecule has 1 aromatic heterocycles. The molecule has 0 aliphatic heterocycles. The zero-order valence-electron chi connectivity index (χ0n) is 19.0. The van der Waals surface area contributed by atoms with Gasteiger partial charge in [0.25, 0.3) is 5.91 Å². The van der Waals surface area contributed by atoms with Gasteiger partial charge in [-0.15, -0.1) is 11.3 Å². The van der Waals surface area contributed by atoms with Crippen LogP contribution in [0.25, 0.3) is 0 Å². The molecule has 0 saturated carbocycles. The van der Waals surface area contributed by atoms with Gasteiger partial charge in [0.1, 0.15) is 10.8 Å². The number of thiophene rings is 1. The summed E-state index contributed by atoms with van der Waals surface area (Å²) in [7, 11) is 0. The largest absolute Gasteiger partial charge is 0.484 e. The number of carbonyl (C=O) groups is 2. The molecule has 1 amide bonds. The minimum Gasteiger partial charge on any atom is -0.484 e. The maximum Gasteiger partial charge on any atom is 0.341 e. The van der Waals surface area contributed by atoms with Gasteiger partial charge in [0, 0.05) is 4.88 Å². The zero-order valence-corrected chi connectivity index (χ0v) is 19.8. The number of nitrogens with one attached hydrogen (secondary N) is 1. The quantitative estimate of drug-likeness (QED) is 0.485. The van der Waals surface area contributed by atoms with Crippen molar-refractivity contribution in [2.75, 3.05) is 18.5 Å². The van der Waals surface area contributed by atoms with Crippen LogP contribution in [0.15, 0.2) is 24.3 Å². The van der Waals surface area contributed by atoms with E-state index in [4.69, 9.17) is 9.47 Å². The fourth-order valence-electron chi connectivity index (χ4n) is 4.06. The molecule has 31 heavy (non-hydrogen) atoms. The van der Waals surface area contributed by atoms with Gasteiger partial charge in [0.15, 0.2) is 6.61 Å². The molecular formula is C25H33NO4S. The molecule has 2 aromatic rings. The molecule has 0 fully saturated rings. The lowest BCUT2D eigenvalue weighted by molar-refractivity contribution is -0.118.